The third-order valence-electron chi connectivity index (χ3n) is 7.60. The second-order valence-electron chi connectivity index (χ2n) is 10.4. The van der Waals surface area contributed by atoms with E-state index in [9.17, 15) is 28.5 Å². The van der Waals surface area contributed by atoms with Crippen LogP contribution in [0.3, 0.4) is 0 Å². The lowest BCUT2D eigenvalue weighted by Crippen LogP contribution is -2.56. The summed E-state index contributed by atoms with van der Waals surface area (Å²) in [5.41, 5.74) is 5.14. The molecule has 2 aliphatic rings. The second kappa shape index (κ2) is 12.9. The minimum atomic E-state index is -1.62. The van der Waals surface area contributed by atoms with Crippen molar-refractivity contribution in [2.24, 2.45) is 0 Å². The smallest absolute Gasteiger partial charge is 0.194 e. The Hall–Kier alpha value is -3.72. The van der Waals surface area contributed by atoms with E-state index in [0.717, 1.165) is 23.9 Å². The molecule has 2 saturated heterocycles. The number of aliphatic hydroxyl groups is 3. The van der Waals surface area contributed by atoms with E-state index in [-0.39, 0.29) is 36.1 Å². The summed E-state index contributed by atoms with van der Waals surface area (Å²) in [6, 6.07) is 1.45. The van der Waals surface area contributed by atoms with Crippen LogP contribution in [-0.4, -0.2) is 117 Å². The quantitative estimate of drug-likeness (QED) is 0.190. The first kappa shape index (κ1) is 31.3. The zero-order chi connectivity index (χ0) is 31.8. The zero-order valence-electron chi connectivity index (χ0n) is 23.5. The summed E-state index contributed by atoms with van der Waals surface area (Å²) in [6.07, 6.45) is -0.00425. The van der Waals surface area contributed by atoms with E-state index in [0.29, 0.717) is 5.69 Å². The summed E-state index contributed by atoms with van der Waals surface area (Å²) in [5, 5.41) is 48.1. The number of hydrogen-bond donors (Lipinski definition) is 4. The van der Waals surface area contributed by atoms with Crippen LogP contribution < -0.4 is 5.73 Å². The fraction of sp³-hybridized carbons (Fsp3) is 0.462. The number of thioether (sulfide) groups is 1. The lowest BCUT2D eigenvalue weighted by molar-refractivity contribution is -0.186. The van der Waals surface area contributed by atoms with Gasteiger partial charge < -0.3 is 35.3 Å². The van der Waals surface area contributed by atoms with Crippen LogP contribution in [0.15, 0.2) is 36.8 Å². The molecule has 8 atom stereocenters. The second-order valence-corrected chi connectivity index (χ2v) is 11.7. The van der Waals surface area contributed by atoms with Gasteiger partial charge in [-0.2, -0.15) is 0 Å². The van der Waals surface area contributed by atoms with Crippen molar-refractivity contribution in [2.45, 2.75) is 47.2 Å². The van der Waals surface area contributed by atoms with Crippen molar-refractivity contribution >= 4 is 17.6 Å². The molecular weight excluding hydrogens is 623 g/mol. The molecular formula is C26H28F3N9O6S. The molecule has 19 heteroatoms. The number of anilines is 1. The van der Waals surface area contributed by atoms with Crippen molar-refractivity contribution in [2.75, 3.05) is 32.7 Å². The Labute approximate surface area is 257 Å². The normalized spacial score (nSPS) is 28.8. The van der Waals surface area contributed by atoms with E-state index < -0.39 is 71.2 Å². The molecule has 0 amide bonds. The van der Waals surface area contributed by atoms with Gasteiger partial charge >= 0.3 is 0 Å². The maximum absolute atomic E-state index is 13.9. The summed E-state index contributed by atoms with van der Waals surface area (Å²) >= 11 is 1.16. The van der Waals surface area contributed by atoms with Gasteiger partial charge in [0, 0.05) is 18.9 Å². The zero-order valence-corrected chi connectivity index (χ0v) is 24.3. The monoisotopic (exact) mass is 651 g/mol. The predicted molar refractivity (Wildman–Crippen MR) is 150 cm³/mol. The van der Waals surface area contributed by atoms with Gasteiger partial charge in [0.2, 0.25) is 0 Å². The first-order chi connectivity index (χ1) is 21.7. The van der Waals surface area contributed by atoms with Crippen LogP contribution in [0.1, 0.15) is 12.1 Å². The van der Waals surface area contributed by atoms with E-state index in [1.807, 2.05) is 0 Å². The largest absolute Gasteiger partial charge is 0.394 e. The number of nitrogens with zero attached hydrogens (tertiary/aromatic N) is 8. The lowest BCUT2D eigenvalue weighted by Gasteiger charge is -2.45. The van der Waals surface area contributed by atoms with Gasteiger partial charge in [0.1, 0.15) is 53.0 Å². The number of aromatic nitrogens is 8. The third-order valence-corrected chi connectivity index (χ3v) is 9.02. The maximum atomic E-state index is 13.9. The molecule has 0 saturated carbocycles. The van der Waals surface area contributed by atoms with Gasteiger partial charge in [0.25, 0.3) is 0 Å². The van der Waals surface area contributed by atoms with Gasteiger partial charge in [-0.3, -0.25) is 0 Å². The van der Waals surface area contributed by atoms with E-state index in [2.05, 4.69) is 30.6 Å². The summed E-state index contributed by atoms with van der Waals surface area (Å²) in [7, 11) is 1.38. The van der Waals surface area contributed by atoms with Crippen LogP contribution in [0.5, 0.6) is 0 Å². The summed E-state index contributed by atoms with van der Waals surface area (Å²) in [5.74, 6) is -3.89. The van der Waals surface area contributed by atoms with E-state index in [4.69, 9.17) is 19.9 Å². The van der Waals surface area contributed by atoms with Gasteiger partial charge in [0.05, 0.1) is 43.6 Å². The molecule has 240 valence electrons. The number of halogens is 3. The Morgan fingerprint density at radius 1 is 1.04 bits per heavy atom. The molecule has 5 N–H and O–H groups in total. The van der Waals surface area contributed by atoms with Crippen LogP contribution in [-0.2, 0) is 14.2 Å². The van der Waals surface area contributed by atoms with Crippen molar-refractivity contribution in [3.8, 4) is 22.8 Å². The molecule has 15 nitrogen and oxygen atoms in total. The van der Waals surface area contributed by atoms with Crippen LogP contribution in [0.4, 0.5) is 19.0 Å². The van der Waals surface area contributed by atoms with E-state index >= 15 is 0 Å². The van der Waals surface area contributed by atoms with E-state index in [1.165, 1.54) is 34.9 Å². The standard InChI is InChI=1S/C26H28F3N9O6S/c1-42-24-21(38-6-14(33-36-38)11-4-12(27)20(29)13(28)5-11)23(41)17(8-39)44-26(24)45-18-10-43-9-16(22(18)40)37-7-15(34-35-37)25-31-3-2-19(30)32-25/h2-7,16-18,21-24,26,39-41H,8-10H2,1H3,(H2,30,31,32). The number of nitrogens with two attached hydrogens (primary N) is 1. The molecule has 3 aromatic heterocycles. The molecule has 0 spiro atoms. The first-order valence-corrected chi connectivity index (χ1v) is 14.6. The van der Waals surface area contributed by atoms with Crippen LogP contribution in [0.2, 0.25) is 0 Å². The molecule has 0 radical (unpaired) electrons. The highest BCUT2D eigenvalue weighted by Gasteiger charge is 2.49. The Morgan fingerprint density at radius 3 is 2.47 bits per heavy atom. The van der Waals surface area contributed by atoms with E-state index in [1.54, 1.807) is 6.20 Å². The molecule has 5 heterocycles. The third kappa shape index (κ3) is 6.11. The molecule has 45 heavy (non-hydrogen) atoms. The van der Waals surface area contributed by atoms with Crippen molar-refractivity contribution in [1.82, 2.24) is 40.0 Å². The molecule has 2 fully saturated rings. The molecule has 2 aliphatic heterocycles. The Kier molecular flexibility index (Phi) is 9.00. The van der Waals surface area contributed by atoms with Gasteiger partial charge in [-0.1, -0.05) is 10.4 Å². The molecule has 0 aliphatic carbocycles. The molecule has 0 bridgehead atoms. The summed E-state index contributed by atoms with van der Waals surface area (Å²) in [4.78, 5) is 8.28. The Morgan fingerprint density at radius 2 is 1.76 bits per heavy atom. The van der Waals surface area contributed by atoms with Crippen molar-refractivity contribution < 1.29 is 42.7 Å². The highest BCUT2D eigenvalue weighted by atomic mass is 32.2. The highest BCUT2D eigenvalue weighted by molar-refractivity contribution is 8.00. The number of hydrogen-bond acceptors (Lipinski definition) is 14. The van der Waals surface area contributed by atoms with Gasteiger partial charge in [0.15, 0.2) is 23.3 Å². The summed E-state index contributed by atoms with van der Waals surface area (Å²) < 4.78 is 61.5. The first-order valence-electron chi connectivity index (χ1n) is 13.6. The van der Waals surface area contributed by atoms with Crippen molar-refractivity contribution in [3.05, 3.63) is 54.2 Å². The van der Waals surface area contributed by atoms with Gasteiger partial charge in [-0.15, -0.1) is 22.0 Å². The van der Waals surface area contributed by atoms with Crippen molar-refractivity contribution in [1.29, 1.82) is 0 Å². The lowest BCUT2D eigenvalue weighted by atomic mass is 9.97. The highest BCUT2D eigenvalue weighted by Crippen LogP contribution is 2.41. The predicted octanol–water partition coefficient (Wildman–Crippen LogP) is 0.362. The topological polar surface area (TPSA) is 202 Å². The molecule has 8 unspecified atom stereocenters. The average Bonchev–Trinajstić information content (AvgIpc) is 3.72. The van der Waals surface area contributed by atoms with Crippen LogP contribution in [0.25, 0.3) is 22.8 Å². The van der Waals surface area contributed by atoms with Crippen LogP contribution >= 0.6 is 11.8 Å². The number of benzene rings is 1. The summed E-state index contributed by atoms with van der Waals surface area (Å²) in [6.45, 7) is -0.309. The number of aliphatic hydroxyl groups excluding tert-OH is 3. The molecule has 6 rings (SSSR count). The number of nitrogen functional groups attached to an aromatic ring is 1. The number of rotatable bonds is 8. The van der Waals surface area contributed by atoms with Crippen LogP contribution in [0, 0.1) is 17.5 Å². The Bertz CT molecular complexity index is 1630. The minimum Gasteiger partial charge on any atom is -0.394 e. The molecule has 4 aromatic rings. The number of methoxy groups -OCH3 is 1. The Balaban J connectivity index is 1.22. The SMILES string of the molecule is COC1C(SC2COCC(n3cc(-c4nccc(N)n4)nn3)C2O)OC(CO)C(O)C1n1cc(-c2cc(F)c(F)c(F)c2)nn1. The fourth-order valence-electron chi connectivity index (χ4n) is 5.29. The van der Waals surface area contributed by atoms with Gasteiger partial charge in [-0.05, 0) is 18.2 Å². The average molecular weight is 652 g/mol. The van der Waals surface area contributed by atoms with Crippen molar-refractivity contribution in [3.63, 3.8) is 0 Å². The van der Waals surface area contributed by atoms with Gasteiger partial charge in [-0.25, -0.2) is 32.5 Å². The fourth-order valence-corrected chi connectivity index (χ4v) is 6.79. The maximum Gasteiger partial charge on any atom is 0.194 e. The minimum absolute atomic E-state index is 0.000770. The molecule has 1 aromatic carbocycles. The number of ether oxygens (including phenoxy) is 3.